The molecule has 0 N–H and O–H groups in total. The molecule has 2 nitrogen and oxygen atoms in total. The van der Waals surface area contributed by atoms with E-state index >= 15 is 0 Å². The van der Waals surface area contributed by atoms with E-state index in [1.54, 1.807) is 0 Å². The standard InChI is InChI=1S/C17H23ClN2/c1-12-6-4-7-13-16(12)20(15(19-13)9-11-18)14-8-5-10-17(14,2)3/h4,6-7,14H,5,8-11H2,1-3H3. The van der Waals surface area contributed by atoms with Gasteiger partial charge in [0.1, 0.15) is 5.82 Å². The lowest BCUT2D eigenvalue weighted by atomic mass is 9.87. The van der Waals surface area contributed by atoms with Gasteiger partial charge in [-0.1, -0.05) is 32.4 Å². The van der Waals surface area contributed by atoms with Crippen LogP contribution in [0.25, 0.3) is 11.0 Å². The van der Waals surface area contributed by atoms with Gasteiger partial charge in [-0.25, -0.2) is 4.98 Å². The Morgan fingerprint density at radius 2 is 2.20 bits per heavy atom. The molecule has 2 aromatic rings. The lowest BCUT2D eigenvalue weighted by Crippen LogP contribution is -2.23. The largest absolute Gasteiger partial charge is 0.324 e. The van der Waals surface area contributed by atoms with Gasteiger partial charge in [-0.2, -0.15) is 0 Å². The quantitative estimate of drug-likeness (QED) is 0.737. The zero-order chi connectivity index (χ0) is 14.3. The van der Waals surface area contributed by atoms with E-state index in [2.05, 4.69) is 43.5 Å². The van der Waals surface area contributed by atoms with Crippen molar-refractivity contribution < 1.29 is 0 Å². The zero-order valence-corrected chi connectivity index (χ0v) is 13.4. The van der Waals surface area contributed by atoms with Crippen molar-refractivity contribution in [2.75, 3.05) is 5.88 Å². The summed E-state index contributed by atoms with van der Waals surface area (Å²) in [4.78, 5) is 4.85. The van der Waals surface area contributed by atoms with Gasteiger partial charge in [0.05, 0.1) is 11.0 Å². The van der Waals surface area contributed by atoms with Crippen molar-refractivity contribution in [3.8, 4) is 0 Å². The van der Waals surface area contributed by atoms with Crippen LogP contribution in [-0.4, -0.2) is 15.4 Å². The Morgan fingerprint density at radius 1 is 1.40 bits per heavy atom. The fraction of sp³-hybridized carbons (Fsp3) is 0.588. The second-order valence-electron chi connectivity index (χ2n) is 6.68. The van der Waals surface area contributed by atoms with Gasteiger partial charge in [0, 0.05) is 18.3 Å². The van der Waals surface area contributed by atoms with E-state index in [0.717, 1.165) is 17.8 Å². The maximum atomic E-state index is 6.00. The minimum atomic E-state index is 0.344. The van der Waals surface area contributed by atoms with E-state index in [1.807, 2.05) is 0 Å². The Kier molecular flexibility index (Phi) is 3.53. The number of halogens is 1. The van der Waals surface area contributed by atoms with Crippen LogP contribution in [0.4, 0.5) is 0 Å². The number of aromatic nitrogens is 2. The summed E-state index contributed by atoms with van der Waals surface area (Å²) < 4.78 is 2.50. The van der Waals surface area contributed by atoms with E-state index in [9.17, 15) is 0 Å². The summed E-state index contributed by atoms with van der Waals surface area (Å²) in [7, 11) is 0. The molecule has 1 aliphatic carbocycles. The number of nitrogens with zero attached hydrogens (tertiary/aromatic N) is 2. The molecular formula is C17H23ClN2. The van der Waals surface area contributed by atoms with E-state index in [1.165, 1.54) is 30.3 Å². The minimum Gasteiger partial charge on any atom is -0.324 e. The van der Waals surface area contributed by atoms with Crippen LogP contribution in [0.2, 0.25) is 0 Å². The smallest absolute Gasteiger partial charge is 0.111 e. The number of imidazole rings is 1. The molecule has 1 unspecified atom stereocenters. The average Bonchev–Trinajstić information content (AvgIpc) is 2.90. The first-order valence-electron chi connectivity index (χ1n) is 7.57. The van der Waals surface area contributed by atoms with E-state index in [-0.39, 0.29) is 0 Å². The third-order valence-corrected chi connectivity index (χ3v) is 5.00. The molecular weight excluding hydrogens is 268 g/mol. The minimum absolute atomic E-state index is 0.344. The molecule has 0 bridgehead atoms. The predicted octanol–water partition coefficient (Wildman–Crippen LogP) is 4.88. The lowest BCUT2D eigenvalue weighted by molar-refractivity contribution is 0.261. The Bertz CT molecular complexity index is 627. The Morgan fingerprint density at radius 3 is 2.85 bits per heavy atom. The van der Waals surface area contributed by atoms with Gasteiger partial charge in [0.25, 0.3) is 0 Å². The van der Waals surface area contributed by atoms with Crippen molar-refractivity contribution >= 4 is 22.6 Å². The van der Waals surface area contributed by atoms with Crippen LogP contribution in [0, 0.1) is 12.3 Å². The second-order valence-corrected chi connectivity index (χ2v) is 7.05. The molecule has 1 saturated carbocycles. The zero-order valence-electron chi connectivity index (χ0n) is 12.6. The molecule has 0 radical (unpaired) electrons. The Hall–Kier alpha value is -1.02. The van der Waals surface area contributed by atoms with Gasteiger partial charge >= 0.3 is 0 Å². The third kappa shape index (κ3) is 2.14. The molecule has 1 aliphatic rings. The van der Waals surface area contributed by atoms with Crippen molar-refractivity contribution in [3.63, 3.8) is 0 Å². The van der Waals surface area contributed by atoms with Gasteiger partial charge in [-0.3, -0.25) is 0 Å². The first-order chi connectivity index (χ1) is 9.54. The highest BCUT2D eigenvalue weighted by Crippen LogP contribution is 2.47. The van der Waals surface area contributed by atoms with Crippen LogP contribution < -0.4 is 0 Å². The number of fused-ring (bicyclic) bond motifs is 1. The summed E-state index contributed by atoms with van der Waals surface area (Å²) in [5, 5.41) is 0. The number of hydrogen-bond donors (Lipinski definition) is 0. The van der Waals surface area contributed by atoms with Gasteiger partial charge < -0.3 is 4.57 Å². The van der Waals surface area contributed by atoms with Gasteiger partial charge in [0.15, 0.2) is 0 Å². The van der Waals surface area contributed by atoms with Crippen LogP contribution >= 0.6 is 11.6 Å². The molecule has 0 spiro atoms. The maximum Gasteiger partial charge on any atom is 0.111 e. The molecule has 1 aromatic heterocycles. The van der Waals surface area contributed by atoms with Gasteiger partial charge in [-0.05, 0) is 36.8 Å². The second kappa shape index (κ2) is 5.07. The number of alkyl halides is 1. The van der Waals surface area contributed by atoms with Gasteiger partial charge in [0.2, 0.25) is 0 Å². The van der Waals surface area contributed by atoms with Crippen molar-refractivity contribution in [2.45, 2.75) is 52.5 Å². The van der Waals surface area contributed by atoms with E-state index in [0.29, 0.717) is 17.3 Å². The normalized spacial score (nSPS) is 21.7. The first kappa shape index (κ1) is 13.9. The van der Waals surface area contributed by atoms with Gasteiger partial charge in [-0.15, -0.1) is 11.6 Å². The highest BCUT2D eigenvalue weighted by molar-refractivity contribution is 6.17. The summed E-state index contributed by atoms with van der Waals surface area (Å²) in [5.41, 5.74) is 4.09. The molecule has 0 aliphatic heterocycles. The Labute approximate surface area is 126 Å². The molecule has 1 fully saturated rings. The molecule has 1 heterocycles. The summed E-state index contributed by atoms with van der Waals surface area (Å²) in [6.45, 7) is 6.96. The fourth-order valence-corrected chi connectivity index (χ4v) is 3.92. The number of benzene rings is 1. The molecule has 1 aromatic carbocycles. The summed E-state index contributed by atoms with van der Waals surface area (Å²) >= 11 is 6.00. The molecule has 20 heavy (non-hydrogen) atoms. The number of rotatable bonds is 3. The molecule has 1 atom stereocenters. The topological polar surface area (TPSA) is 17.8 Å². The first-order valence-corrected chi connectivity index (χ1v) is 8.10. The summed E-state index contributed by atoms with van der Waals surface area (Å²) in [5.74, 6) is 1.79. The molecule has 3 rings (SSSR count). The highest BCUT2D eigenvalue weighted by Gasteiger charge is 2.37. The predicted molar refractivity (Wildman–Crippen MR) is 85.6 cm³/mol. The summed E-state index contributed by atoms with van der Waals surface area (Å²) in [6.07, 6.45) is 4.71. The van der Waals surface area contributed by atoms with Crippen LogP contribution in [-0.2, 0) is 6.42 Å². The SMILES string of the molecule is Cc1cccc2nc(CCCl)n(C3CCCC3(C)C)c12. The number of aryl methyl sites for hydroxylation is 2. The fourth-order valence-electron chi connectivity index (χ4n) is 3.75. The van der Waals surface area contributed by atoms with Crippen molar-refractivity contribution in [3.05, 3.63) is 29.6 Å². The van der Waals surface area contributed by atoms with Crippen molar-refractivity contribution in [1.29, 1.82) is 0 Å². The van der Waals surface area contributed by atoms with E-state index < -0.39 is 0 Å². The van der Waals surface area contributed by atoms with Crippen LogP contribution in [0.3, 0.4) is 0 Å². The van der Waals surface area contributed by atoms with Crippen molar-refractivity contribution in [1.82, 2.24) is 9.55 Å². The van der Waals surface area contributed by atoms with Crippen LogP contribution in [0.1, 0.15) is 50.5 Å². The van der Waals surface area contributed by atoms with Crippen LogP contribution in [0.15, 0.2) is 18.2 Å². The number of hydrogen-bond acceptors (Lipinski definition) is 1. The Balaban J connectivity index is 2.23. The monoisotopic (exact) mass is 290 g/mol. The third-order valence-electron chi connectivity index (χ3n) is 4.82. The van der Waals surface area contributed by atoms with Crippen LogP contribution in [0.5, 0.6) is 0 Å². The number of para-hydroxylation sites is 1. The van der Waals surface area contributed by atoms with E-state index in [4.69, 9.17) is 16.6 Å². The molecule has 108 valence electrons. The maximum absolute atomic E-state index is 6.00. The average molecular weight is 291 g/mol. The molecule has 0 saturated heterocycles. The van der Waals surface area contributed by atoms with Crippen molar-refractivity contribution in [2.24, 2.45) is 5.41 Å². The summed E-state index contributed by atoms with van der Waals surface area (Å²) in [6, 6.07) is 6.96. The highest BCUT2D eigenvalue weighted by atomic mass is 35.5. The molecule has 3 heteroatoms. The molecule has 0 amide bonds. The lowest BCUT2D eigenvalue weighted by Gasteiger charge is -2.30.